The van der Waals surface area contributed by atoms with Crippen molar-refractivity contribution in [2.24, 2.45) is 16.6 Å². The van der Waals surface area contributed by atoms with Crippen molar-refractivity contribution in [1.29, 1.82) is 0 Å². The predicted molar refractivity (Wildman–Crippen MR) is 121 cm³/mol. The highest BCUT2D eigenvalue weighted by Crippen LogP contribution is 2.24. The first-order valence-electron chi connectivity index (χ1n) is 10.2. The summed E-state index contributed by atoms with van der Waals surface area (Å²) < 4.78 is 0. The van der Waals surface area contributed by atoms with Crippen molar-refractivity contribution in [2.45, 2.75) is 79.1 Å². The molecule has 1 fully saturated rings. The summed E-state index contributed by atoms with van der Waals surface area (Å²) in [6.07, 6.45) is 17.6. The van der Waals surface area contributed by atoms with Crippen LogP contribution < -0.4 is 5.73 Å². The molecule has 0 radical (unpaired) electrons. The Morgan fingerprint density at radius 2 is 1.81 bits per heavy atom. The third kappa shape index (κ3) is 13.1. The molecule has 0 aromatic carbocycles. The maximum atomic E-state index is 5.40. The van der Waals surface area contributed by atoms with Crippen LogP contribution >= 0.6 is 11.8 Å². The van der Waals surface area contributed by atoms with Crippen LogP contribution in [0.3, 0.4) is 0 Å². The van der Waals surface area contributed by atoms with Gasteiger partial charge in [0.25, 0.3) is 0 Å². The second-order valence-corrected chi connectivity index (χ2v) is 8.14. The molecule has 3 nitrogen and oxygen atoms in total. The minimum absolute atomic E-state index is 0.824. The molecule has 0 aromatic rings. The number of nitrogens with two attached hydrogens (primary N) is 1. The van der Waals surface area contributed by atoms with Gasteiger partial charge in [-0.1, -0.05) is 76.8 Å². The van der Waals surface area contributed by atoms with Gasteiger partial charge in [0.2, 0.25) is 0 Å². The molecule has 1 aliphatic rings. The number of allylic oxidation sites excluding steroid dienone is 3. The van der Waals surface area contributed by atoms with Gasteiger partial charge in [0.1, 0.15) is 0 Å². The van der Waals surface area contributed by atoms with Crippen molar-refractivity contribution in [2.75, 3.05) is 13.1 Å². The van der Waals surface area contributed by atoms with Crippen LogP contribution in [0.5, 0.6) is 0 Å². The van der Waals surface area contributed by atoms with Crippen molar-refractivity contribution in [1.82, 2.24) is 4.90 Å². The average Bonchev–Trinajstić information content (AvgIpc) is 2.65. The van der Waals surface area contributed by atoms with Gasteiger partial charge in [-0.2, -0.15) is 0 Å². The van der Waals surface area contributed by atoms with E-state index in [1.165, 1.54) is 56.1 Å². The zero-order valence-corrected chi connectivity index (χ0v) is 18.4. The van der Waals surface area contributed by atoms with Crippen molar-refractivity contribution in [3.63, 3.8) is 0 Å². The summed E-state index contributed by atoms with van der Waals surface area (Å²) in [4.78, 5) is 8.08. The summed E-state index contributed by atoms with van der Waals surface area (Å²) in [5.74, 6) is 0.824. The number of likely N-dealkylation sites (tertiary alicyclic amines) is 1. The number of amidine groups is 1. The van der Waals surface area contributed by atoms with Gasteiger partial charge in [0.05, 0.1) is 0 Å². The molecule has 0 aromatic heterocycles. The molecule has 1 saturated heterocycles. The van der Waals surface area contributed by atoms with Crippen LogP contribution in [0.1, 0.15) is 79.1 Å². The van der Waals surface area contributed by atoms with E-state index in [1.54, 1.807) is 18.0 Å². The van der Waals surface area contributed by atoms with Gasteiger partial charge in [-0.3, -0.25) is 0 Å². The lowest BCUT2D eigenvalue weighted by Gasteiger charge is -2.32. The Bertz CT molecular complexity index is 429. The van der Waals surface area contributed by atoms with Gasteiger partial charge >= 0.3 is 0 Å². The third-order valence-corrected chi connectivity index (χ3v) is 5.39. The number of hydrogen-bond acceptors (Lipinski definition) is 3. The Kier molecular flexibility index (Phi) is 16.5. The van der Waals surface area contributed by atoms with Crippen molar-refractivity contribution in [3.05, 3.63) is 36.0 Å². The number of unbranched alkanes of at least 4 members (excludes halogenated alkanes) is 4. The molecule has 0 spiro atoms. The van der Waals surface area contributed by atoms with Gasteiger partial charge in [-0.05, 0) is 37.0 Å². The quantitative estimate of drug-likeness (QED) is 0.221. The Labute approximate surface area is 166 Å². The highest BCUT2D eigenvalue weighted by atomic mass is 32.2. The summed E-state index contributed by atoms with van der Waals surface area (Å²) >= 11 is 1.71. The zero-order valence-electron chi connectivity index (χ0n) is 17.5. The second-order valence-electron chi connectivity index (χ2n) is 6.92. The molecule has 2 N–H and O–H groups in total. The standard InChI is InChI=1S/C15H25N3S.C7H16/c1-4-5-6-14(3)19-15(17-10-9-16)18-11-7-13(2)8-12-18;1-3-5-7-6-4-2/h4,6,9-10,13H,1,5,7-8,11-12,16H2,2-3H3;3-7H2,1-2H3/b10-9+,14-6+,17-15?;. The van der Waals surface area contributed by atoms with Crippen LogP contribution in [0.4, 0.5) is 0 Å². The van der Waals surface area contributed by atoms with E-state index in [1.807, 2.05) is 6.08 Å². The van der Waals surface area contributed by atoms with Gasteiger partial charge in [0.15, 0.2) is 5.17 Å². The molecule has 0 amide bonds. The third-order valence-electron chi connectivity index (χ3n) is 4.36. The highest BCUT2D eigenvalue weighted by molar-refractivity contribution is 8.17. The zero-order chi connectivity index (χ0) is 19.6. The molecule has 0 atom stereocenters. The van der Waals surface area contributed by atoms with Gasteiger partial charge < -0.3 is 10.6 Å². The average molecular weight is 380 g/mol. The topological polar surface area (TPSA) is 41.6 Å². The molecule has 1 aliphatic heterocycles. The summed E-state index contributed by atoms with van der Waals surface area (Å²) in [6.45, 7) is 14.8. The van der Waals surface area contributed by atoms with E-state index >= 15 is 0 Å². The fourth-order valence-electron chi connectivity index (χ4n) is 2.59. The molecule has 0 saturated carbocycles. The SMILES string of the molecule is C=CC/C=C(\C)SC(=N/C=C/N)N1CCC(C)CC1.CCCCCCC. The summed E-state index contributed by atoms with van der Waals surface area (Å²) in [5, 5.41) is 1.05. The van der Waals surface area contributed by atoms with Crippen LogP contribution in [0.2, 0.25) is 0 Å². The second kappa shape index (κ2) is 17.3. The minimum Gasteiger partial charge on any atom is -0.403 e. The molecule has 4 heteroatoms. The minimum atomic E-state index is 0.824. The monoisotopic (exact) mass is 379 g/mol. The Morgan fingerprint density at radius 1 is 1.19 bits per heavy atom. The van der Waals surface area contributed by atoms with E-state index in [0.717, 1.165) is 30.6 Å². The van der Waals surface area contributed by atoms with Crippen LogP contribution in [0.25, 0.3) is 0 Å². The van der Waals surface area contributed by atoms with Crippen LogP contribution in [-0.2, 0) is 0 Å². The molecule has 1 heterocycles. The number of nitrogens with zero attached hydrogens (tertiary/aromatic N) is 2. The van der Waals surface area contributed by atoms with E-state index in [9.17, 15) is 0 Å². The molecule has 26 heavy (non-hydrogen) atoms. The molecular weight excluding hydrogens is 338 g/mol. The summed E-state index contributed by atoms with van der Waals surface area (Å²) in [5.41, 5.74) is 5.40. The molecule has 0 unspecified atom stereocenters. The van der Waals surface area contributed by atoms with E-state index in [0.29, 0.717) is 0 Å². The smallest absolute Gasteiger partial charge is 0.168 e. The van der Waals surface area contributed by atoms with Gasteiger partial charge in [-0.15, -0.1) is 6.58 Å². The van der Waals surface area contributed by atoms with Gasteiger partial charge in [0, 0.05) is 25.5 Å². The number of piperidine rings is 1. The van der Waals surface area contributed by atoms with Crippen molar-refractivity contribution < 1.29 is 0 Å². The first-order valence-corrected chi connectivity index (χ1v) is 11.1. The molecule has 150 valence electrons. The molecular formula is C22H41N3S. The first kappa shape index (κ1) is 24.8. The van der Waals surface area contributed by atoms with Gasteiger partial charge in [-0.25, -0.2) is 4.99 Å². The first-order chi connectivity index (χ1) is 12.6. The maximum absolute atomic E-state index is 5.40. The lowest BCUT2D eigenvalue weighted by atomic mass is 10.00. The van der Waals surface area contributed by atoms with E-state index in [2.05, 4.69) is 50.2 Å². The lowest BCUT2D eigenvalue weighted by molar-refractivity contribution is 0.284. The summed E-state index contributed by atoms with van der Waals surface area (Å²) in [7, 11) is 0. The highest BCUT2D eigenvalue weighted by Gasteiger charge is 2.19. The fraction of sp³-hybridized carbons (Fsp3) is 0.682. The largest absolute Gasteiger partial charge is 0.403 e. The fourth-order valence-corrected chi connectivity index (χ4v) is 3.48. The molecule has 0 bridgehead atoms. The number of aliphatic imine (C=N–C) groups is 1. The van der Waals surface area contributed by atoms with E-state index < -0.39 is 0 Å². The Morgan fingerprint density at radius 3 is 2.31 bits per heavy atom. The molecule has 1 rings (SSSR count). The number of hydrogen-bond donors (Lipinski definition) is 1. The Balaban J connectivity index is 0.000000758. The maximum Gasteiger partial charge on any atom is 0.168 e. The van der Waals surface area contributed by atoms with E-state index in [4.69, 9.17) is 5.73 Å². The number of thioether (sulfide) groups is 1. The van der Waals surface area contributed by atoms with E-state index in [-0.39, 0.29) is 0 Å². The number of rotatable bonds is 8. The Hall–Kier alpha value is -1.16. The molecule has 0 aliphatic carbocycles. The van der Waals surface area contributed by atoms with Crippen molar-refractivity contribution >= 4 is 16.9 Å². The van der Waals surface area contributed by atoms with Crippen LogP contribution in [0, 0.1) is 5.92 Å². The summed E-state index contributed by atoms with van der Waals surface area (Å²) in [6, 6.07) is 0. The normalized spacial score (nSPS) is 16.5. The van der Waals surface area contributed by atoms with Crippen molar-refractivity contribution in [3.8, 4) is 0 Å². The predicted octanol–water partition coefficient (Wildman–Crippen LogP) is 6.69. The van der Waals surface area contributed by atoms with Crippen LogP contribution in [0.15, 0.2) is 41.0 Å². The lowest BCUT2D eigenvalue weighted by Crippen LogP contribution is -2.36. The van der Waals surface area contributed by atoms with Crippen LogP contribution in [-0.4, -0.2) is 23.2 Å².